The molecule has 0 aliphatic carbocycles. The maximum atomic E-state index is 13.5. The molecule has 4 nitrogen and oxygen atoms in total. The van der Waals surface area contributed by atoms with Crippen LogP contribution in [0.1, 0.15) is 43.9 Å². The molecule has 112 valence electrons. The average Bonchev–Trinajstić information content (AvgIpc) is 2.39. The van der Waals surface area contributed by atoms with E-state index in [0.29, 0.717) is 12.0 Å². The molecule has 0 aromatic heterocycles. The molecule has 0 bridgehead atoms. The summed E-state index contributed by atoms with van der Waals surface area (Å²) >= 11 is 0. The van der Waals surface area contributed by atoms with Gasteiger partial charge in [-0.3, -0.25) is 0 Å². The van der Waals surface area contributed by atoms with Gasteiger partial charge in [0.05, 0.1) is 6.04 Å². The van der Waals surface area contributed by atoms with Gasteiger partial charge in [-0.1, -0.05) is 12.1 Å². The number of nitrogens with one attached hydrogen (secondary N) is 2. The van der Waals surface area contributed by atoms with Crippen LogP contribution in [0, 0.1) is 12.7 Å². The number of urea groups is 1. The number of hydrogen-bond donors (Lipinski definition) is 3. The number of halogens is 1. The highest BCUT2D eigenvalue weighted by molar-refractivity contribution is 5.74. The fraction of sp³-hybridized carbons (Fsp3) is 0.533. The lowest BCUT2D eigenvalue weighted by molar-refractivity contribution is 0.231. The lowest BCUT2D eigenvalue weighted by Gasteiger charge is -2.18. The fourth-order valence-electron chi connectivity index (χ4n) is 1.89. The van der Waals surface area contributed by atoms with Crippen LogP contribution >= 0.6 is 0 Å². The molecule has 0 saturated heterocycles. The van der Waals surface area contributed by atoms with Crippen LogP contribution in [-0.2, 0) is 0 Å². The third kappa shape index (κ3) is 5.17. The Balaban J connectivity index is 2.50. The van der Waals surface area contributed by atoms with E-state index in [9.17, 15) is 9.18 Å². The van der Waals surface area contributed by atoms with Crippen LogP contribution < -0.4 is 10.6 Å². The molecule has 0 aliphatic rings. The van der Waals surface area contributed by atoms with Crippen molar-refractivity contribution >= 4 is 6.03 Å². The van der Waals surface area contributed by atoms with Crippen LogP contribution in [0.2, 0.25) is 0 Å². The van der Waals surface area contributed by atoms with Gasteiger partial charge in [-0.2, -0.15) is 0 Å². The lowest BCUT2D eigenvalue weighted by atomic mass is 10.1. The summed E-state index contributed by atoms with van der Waals surface area (Å²) in [5, 5.41) is 14.3. The van der Waals surface area contributed by atoms with E-state index in [1.54, 1.807) is 19.1 Å². The summed E-state index contributed by atoms with van der Waals surface area (Å²) in [4.78, 5) is 11.8. The Kier molecular flexibility index (Phi) is 6.45. The van der Waals surface area contributed by atoms with Gasteiger partial charge in [0.1, 0.15) is 5.82 Å². The number of aryl methyl sites for hydroxylation is 1. The first-order chi connectivity index (χ1) is 9.43. The molecule has 0 heterocycles. The molecular weight excluding hydrogens is 259 g/mol. The second-order valence-corrected chi connectivity index (χ2v) is 5.11. The highest BCUT2D eigenvalue weighted by atomic mass is 19.1. The fourth-order valence-corrected chi connectivity index (χ4v) is 1.89. The van der Waals surface area contributed by atoms with Crippen molar-refractivity contribution in [3.8, 4) is 0 Å². The first-order valence-electron chi connectivity index (χ1n) is 6.88. The maximum Gasteiger partial charge on any atom is 0.315 e. The molecule has 2 amide bonds. The van der Waals surface area contributed by atoms with Gasteiger partial charge in [-0.05, 0) is 50.8 Å². The Morgan fingerprint density at radius 2 is 2.05 bits per heavy atom. The van der Waals surface area contributed by atoms with Crippen molar-refractivity contribution in [3.05, 3.63) is 35.1 Å². The number of aliphatic hydroxyl groups excluding tert-OH is 1. The summed E-state index contributed by atoms with van der Waals surface area (Å²) in [6.45, 7) is 5.51. The third-order valence-electron chi connectivity index (χ3n) is 3.22. The SMILES string of the molecule is Cc1ccc(C(C)NC(=O)NC(C)CCCO)cc1F. The smallest absolute Gasteiger partial charge is 0.315 e. The molecule has 2 atom stereocenters. The summed E-state index contributed by atoms with van der Waals surface area (Å²) in [5.74, 6) is -0.270. The Bertz CT molecular complexity index is 451. The number of hydrogen-bond acceptors (Lipinski definition) is 2. The minimum atomic E-state index is -0.288. The summed E-state index contributed by atoms with van der Waals surface area (Å²) in [5.41, 5.74) is 1.31. The van der Waals surface area contributed by atoms with Crippen LogP contribution in [0.3, 0.4) is 0 Å². The number of rotatable bonds is 6. The van der Waals surface area contributed by atoms with Gasteiger partial charge in [0.2, 0.25) is 0 Å². The summed E-state index contributed by atoms with van der Waals surface area (Å²) in [6.07, 6.45) is 1.37. The first-order valence-corrected chi connectivity index (χ1v) is 6.88. The second-order valence-electron chi connectivity index (χ2n) is 5.11. The average molecular weight is 282 g/mol. The highest BCUT2D eigenvalue weighted by Crippen LogP contribution is 2.16. The normalized spacial score (nSPS) is 13.7. The van der Waals surface area contributed by atoms with Crippen molar-refractivity contribution in [3.63, 3.8) is 0 Å². The Morgan fingerprint density at radius 1 is 1.35 bits per heavy atom. The van der Waals surface area contributed by atoms with E-state index in [0.717, 1.165) is 12.0 Å². The maximum absolute atomic E-state index is 13.5. The molecule has 0 fully saturated rings. The molecule has 1 rings (SSSR count). The molecule has 5 heteroatoms. The van der Waals surface area contributed by atoms with E-state index in [4.69, 9.17) is 5.11 Å². The van der Waals surface area contributed by atoms with Gasteiger partial charge in [0, 0.05) is 12.6 Å². The van der Waals surface area contributed by atoms with E-state index in [1.807, 2.05) is 13.8 Å². The van der Waals surface area contributed by atoms with Gasteiger partial charge in [0.15, 0.2) is 0 Å². The van der Waals surface area contributed by atoms with Crippen LogP contribution in [0.4, 0.5) is 9.18 Å². The van der Waals surface area contributed by atoms with E-state index >= 15 is 0 Å². The number of aliphatic hydroxyl groups is 1. The van der Waals surface area contributed by atoms with Gasteiger partial charge >= 0.3 is 6.03 Å². The Labute approximate surface area is 119 Å². The number of carbonyl (C=O) groups is 1. The van der Waals surface area contributed by atoms with E-state index < -0.39 is 0 Å². The van der Waals surface area contributed by atoms with Crippen molar-refractivity contribution < 1.29 is 14.3 Å². The largest absolute Gasteiger partial charge is 0.396 e. The van der Waals surface area contributed by atoms with E-state index in [2.05, 4.69) is 10.6 Å². The quantitative estimate of drug-likeness (QED) is 0.751. The van der Waals surface area contributed by atoms with Gasteiger partial charge in [-0.25, -0.2) is 9.18 Å². The van der Waals surface area contributed by atoms with E-state index in [-0.39, 0.29) is 30.5 Å². The summed E-state index contributed by atoms with van der Waals surface area (Å²) < 4.78 is 13.5. The monoisotopic (exact) mass is 282 g/mol. The van der Waals surface area contributed by atoms with Gasteiger partial charge in [0.25, 0.3) is 0 Å². The van der Waals surface area contributed by atoms with Crippen molar-refractivity contribution in [2.75, 3.05) is 6.61 Å². The summed E-state index contributed by atoms with van der Waals surface area (Å²) in [7, 11) is 0. The van der Waals surface area contributed by atoms with Crippen molar-refractivity contribution in [2.45, 2.75) is 45.7 Å². The Morgan fingerprint density at radius 3 is 2.65 bits per heavy atom. The first kappa shape index (κ1) is 16.4. The molecule has 0 spiro atoms. The van der Waals surface area contributed by atoms with Crippen molar-refractivity contribution in [2.24, 2.45) is 0 Å². The molecule has 0 radical (unpaired) electrons. The van der Waals surface area contributed by atoms with Gasteiger partial charge < -0.3 is 15.7 Å². The van der Waals surface area contributed by atoms with E-state index in [1.165, 1.54) is 6.07 Å². The molecule has 0 aliphatic heterocycles. The topological polar surface area (TPSA) is 61.4 Å². The van der Waals surface area contributed by atoms with Crippen LogP contribution in [0.25, 0.3) is 0 Å². The third-order valence-corrected chi connectivity index (χ3v) is 3.22. The minimum Gasteiger partial charge on any atom is -0.396 e. The zero-order valence-corrected chi connectivity index (χ0v) is 12.2. The molecule has 20 heavy (non-hydrogen) atoms. The lowest BCUT2D eigenvalue weighted by Crippen LogP contribution is -2.41. The number of benzene rings is 1. The molecular formula is C15H23FN2O2. The molecule has 2 unspecified atom stereocenters. The molecule has 1 aromatic carbocycles. The van der Waals surface area contributed by atoms with Crippen molar-refractivity contribution in [1.82, 2.24) is 10.6 Å². The predicted octanol–water partition coefficient (Wildman–Crippen LogP) is 2.66. The second kappa shape index (κ2) is 7.85. The zero-order valence-electron chi connectivity index (χ0n) is 12.2. The molecule has 3 N–H and O–H groups in total. The van der Waals surface area contributed by atoms with Crippen LogP contribution in [-0.4, -0.2) is 23.8 Å². The molecule has 0 saturated carbocycles. The number of carbonyl (C=O) groups excluding carboxylic acids is 1. The summed E-state index contributed by atoms with van der Waals surface area (Å²) in [6, 6.07) is 4.38. The minimum absolute atomic E-state index is 0.0101. The van der Waals surface area contributed by atoms with Crippen LogP contribution in [0.5, 0.6) is 0 Å². The van der Waals surface area contributed by atoms with Crippen molar-refractivity contribution in [1.29, 1.82) is 0 Å². The zero-order chi connectivity index (χ0) is 15.1. The van der Waals surface area contributed by atoms with Gasteiger partial charge in [-0.15, -0.1) is 0 Å². The number of amides is 2. The van der Waals surface area contributed by atoms with Crippen LogP contribution in [0.15, 0.2) is 18.2 Å². The highest BCUT2D eigenvalue weighted by Gasteiger charge is 2.12. The standard InChI is InChI=1S/C15H23FN2O2/c1-10-6-7-13(9-14(10)16)12(3)18-15(20)17-11(2)5-4-8-19/h6-7,9,11-12,19H,4-5,8H2,1-3H3,(H2,17,18,20). The predicted molar refractivity (Wildman–Crippen MR) is 77.0 cm³/mol. The molecule has 1 aromatic rings. The Hall–Kier alpha value is -1.62.